The van der Waals surface area contributed by atoms with Gasteiger partial charge in [0.05, 0.1) is 31.3 Å². The van der Waals surface area contributed by atoms with Crippen molar-refractivity contribution < 1.29 is 18.3 Å². The van der Waals surface area contributed by atoms with Crippen molar-refractivity contribution >= 4 is 21.9 Å². The van der Waals surface area contributed by atoms with Crippen molar-refractivity contribution in [3.05, 3.63) is 34.4 Å². The first-order valence-electron chi connectivity index (χ1n) is 5.73. The predicted octanol–water partition coefficient (Wildman–Crippen LogP) is 2.86. The molecule has 19 heavy (non-hydrogen) atoms. The Morgan fingerprint density at radius 2 is 1.84 bits per heavy atom. The van der Waals surface area contributed by atoms with Crippen molar-refractivity contribution in [3.63, 3.8) is 0 Å². The summed E-state index contributed by atoms with van der Waals surface area (Å²) in [5.41, 5.74) is 1.17. The lowest BCUT2D eigenvalue weighted by molar-refractivity contribution is 0.398. The highest BCUT2D eigenvalue weighted by molar-refractivity contribution is 6.07. The minimum Gasteiger partial charge on any atom is -0.495 e. The average Bonchev–Trinajstić information content (AvgIpc) is 2.84. The number of furan rings is 1. The maximum Gasteiger partial charge on any atom is 0.336 e. The number of hydrogen-bond acceptors (Lipinski definition) is 5. The standard InChI is InChI=1S/C14H12O5/c1-7-6-9(15)19-13-10(7)11(16-2)8-4-5-18-12(8)14(13)17-3/h4-6H,1-3H3. The zero-order valence-corrected chi connectivity index (χ0v) is 10.8. The van der Waals surface area contributed by atoms with Crippen molar-refractivity contribution in [2.24, 2.45) is 0 Å². The maximum atomic E-state index is 11.6. The molecule has 1 aromatic carbocycles. The zero-order chi connectivity index (χ0) is 13.6. The average molecular weight is 260 g/mol. The van der Waals surface area contributed by atoms with E-state index in [1.807, 2.05) is 6.92 Å². The molecule has 2 heterocycles. The second kappa shape index (κ2) is 4.05. The van der Waals surface area contributed by atoms with Gasteiger partial charge in [-0.05, 0) is 18.6 Å². The van der Waals surface area contributed by atoms with E-state index in [1.54, 1.807) is 19.4 Å². The van der Waals surface area contributed by atoms with E-state index in [2.05, 4.69) is 0 Å². The zero-order valence-electron chi connectivity index (χ0n) is 10.8. The molecule has 0 aliphatic heterocycles. The van der Waals surface area contributed by atoms with Gasteiger partial charge in [0.15, 0.2) is 11.2 Å². The molecule has 0 aliphatic carbocycles. The summed E-state index contributed by atoms with van der Waals surface area (Å²) in [7, 11) is 3.07. The monoisotopic (exact) mass is 260 g/mol. The molecular formula is C14H12O5. The van der Waals surface area contributed by atoms with Gasteiger partial charge >= 0.3 is 5.63 Å². The molecular weight excluding hydrogens is 248 g/mol. The SMILES string of the molecule is COc1c2occc2c(OC)c2c(C)cc(=O)oc12. The van der Waals surface area contributed by atoms with Crippen LogP contribution in [0, 0.1) is 6.92 Å². The van der Waals surface area contributed by atoms with Crippen LogP contribution in [0.5, 0.6) is 11.5 Å². The van der Waals surface area contributed by atoms with Gasteiger partial charge in [0, 0.05) is 6.07 Å². The highest BCUT2D eigenvalue weighted by Gasteiger charge is 2.21. The highest BCUT2D eigenvalue weighted by Crippen LogP contribution is 2.43. The predicted molar refractivity (Wildman–Crippen MR) is 70.1 cm³/mol. The van der Waals surface area contributed by atoms with Crippen LogP contribution < -0.4 is 15.1 Å². The molecule has 3 rings (SSSR count). The first-order chi connectivity index (χ1) is 9.17. The van der Waals surface area contributed by atoms with Crippen molar-refractivity contribution in [1.29, 1.82) is 0 Å². The molecule has 5 heteroatoms. The molecule has 98 valence electrons. The number of fused-ring (bicyclic) bond motifs is 2. The van der Waals surface area contributed by atoms with Crippen LogP contribution >= 0.6 is 0 Å². The van der Waals surface area contributed by atoms with Crippen molar-refractivity contribution in [3.8, 4) is 11.5 Å². The van der Waals surface area contributed by atoms with Crippen LogP contribution in [-0.2, 0) is 0 Å². The Balaban J connectivity index is 2.68. The number of hydrogen-bond donors (Lipinski definition) is 0. The Kier molecular flexibility index (Phi) is 2.48. The molecule has 0 spiro atoms. The van der Waals surface area contributed by atoms with Gasteiger partial charge in [-0.3, -0.25) is 0 Å². The van der Waals surface area contributed by atoms with Gasteiger partial charge in [-0.15, -0.1) is 0 Å². The van der Waals surface area contributed by atoms with Crippen molar-refractivity contribution in [2.75, 3.05) is 14.2 Å². The van der Waals surface area contributed by atoms with E-state index in [-0.39, 0.29) is 0 Å². The first kappa shape index (κ1) is 11.6. The fraction of sp³-hybridized carbons (Fsp3) is 0.214. The molecule has 3 aromatic rings. The Hall–Kier alpha value is -2.43. The lowest BCUT2D eigenvalue weighted by Crippen LogP contribution is -2.01. The topological polar surface area (TPSA) is 61.8 Å². The third-order valence-corrected chi connectivity index (χ3v) is 3.12. The summed E-state index contributed by atoms with van der Waals surface area (Å²) < 4.78 is 21.4. The van der Waals surface area contributed by atoms with E-state index < -0.39 is 5.63 Å². The Morgan fingerprint density at radius 1 is 1.11 bits per heavy atom. The molecule has 0 fully saturated rings. The molecule has 0 N–H and O–H groups in total. The highest BCUT2D eigenvalue weighted by atomic mass is 16.5. The van der Waals surface area contributed by atoms with Gasteiger partial charge in [-0.1, -0.05) is 0 Å². The minimum absolute atomic E-state index is 0.340. The molecule has 0 unspecified atom stereocenters. The van der Waals surface area contributed by atoms with Crippen LogP contribution in [0.15, 0.2) is 32.0 Å². The summed E-state index contributed by atoms with van der Waals surface area (Å²) in [6, 6.07) is 3.22. The maximum absolute atomic E-state index is 11.6. The third kappa shape index (κ3) is 1.51. The Labute approximate surface area is 108 Å². The third-order valence-electron chi connectivity index (χ3n) is 3.12. The number of ether oxygens (including phenoxy) is 2. The Bertz CT molecular complexity index is 825. The van der Waals surface area contributed by atoms with Crippen LogP contribution in [0.25, 0.3) is 21.9 Å². The van der Waals surface area contributed by atoms with Crippen LogP contribution in [0.3, 0.4) is 0 Å². The van der Waals surface area contributed by atoms with Crippen LogP contribution in [0.4, 0.5) is 0 Å². The van der Waals surface area contributed by atoms with Gasteiger partial charge in [0.1, 0.15) is 5.75 Å². The molecule has 0 atom stereocenters. The van der Waals surface area contributed by atoms with E-state index in [4.69, 9.17) is 18.3 Å². The van der Waals surface area contributed by atoms with E-state index in [0.29, 0.717) is 28.1 Å². The summed E-state index contributed by atoms with van der Waals surface area (Å²) in [4.78, 5) is 11.6. The fourth-order valence-electron chi connectivity index (χ4n) is 2.35. The molecule has 5 nitrogen and oxygen atoms in total. The summed E-state index contributed by atoms with van der Waals surface area (Å²) in [6.45, 7) is 1.83. The van der Waals surface area contributed by atoms with Gasteiger partial charge in [0.25, 0.3) is 0 Å². The van der Waals surface area contributed by atoms with Gasteiger partial charge in [-0.25, -0.2) is 4.79 Å². The summed E-state index contributed by atoms with van der Waals surface area (Å²) >= 11 is 0. The fourth-order valence-corrected chi connectivity index (χ4v) is 2.35. The lowest BCUT2D eigenvalue weighted by atomic mass is 10.1. The molecule has 2 aromatic heterocycles. The van der Waals surface area contributed by atoms with Crippen molar-refractivity contribution in [2.45, 2.75) is 6.92 Å². The van der Waals surface area contributed by atoms with Gasteiger partial charge in [-0.2, -0.15) is 0 Å². The van der Waals surface area contributed by atoms with Crippen molar-refractivity contribution in [1.82, 2.24) is 0 Å². The number of aryl methyl sites for hydroxylation is 1. The normalized spacial score (nSPS) is 11.1. The van der Waals surface area contributed by atoms with Gasteiger partial charge < -0.3 is 18.3 Å². The lowest BCUT2D eigenvalue weighted by Gasteiger charge is -2.11. The second-order valence-electron chi connectivity index (χ2n) is 4.18. The molecule has 0 bridgehead atoms. The van der Waals surface area contributed by atoms with Crippen LogP contribution in [0.2, 0.25) is 0 Å². The molecule has 0 aliphatic rings. The summed E-state index contributed by atoms with van der Waals surface area (Å²) in [5, 5.41) is 1.50. The smallest absolute Gasteiger partial charge is 0.336 e. The van der Waals surface area contributed by atoms with E-state index in [9.17, 15) is 4.79 Å². The second-order valence-corrected chi connectivity index (χ2v) is 4.18. The first-order valence-corrected chi connectivity index (χ1v) is 5.73. The van der Waals surface area contributed by atoms with E-state index >= 15 is 0 Å². The van der Waals surface area contributed by atoms with E-state index in [0.717, 1.165) is 10.9 Å². The Morgan fingerprint density at radius 3 is 2.53 bits per heavy atom. The number of benzene rings is 1. The minimum atomic E-state index is -0.434. The molecule has 0 saturated heterocycles. The molecule has 0 amide bonds. The summed E-state index contributed by atoms with van der Waals surface area (Å²) in [6.07, 6.45) is 1.54. The van der Waals surface area contributed by atoms with Crippen LogP contribution in [0.1, 0.15) is 5.56 Å². The number of methoxy groups -OCH3 is 2. The van der Waals surface area contributed by atoms with Gasteiger partial charge in [0.2, 0.25) is 5.75 Å². The quantitative estimate of drug-likeness (QED) is 0.663. The molecule has 0 saturated carbocycles. The summed E-state index contributed by atoms with van der Waals surface area (Å²) in [5.74, 6) is 1.01. The molecule has 0 radical (unpaired) electrons. The van der Waals surface area contributed by atoms with Crippen LogP contribution in [-0.4, -0.2) is 14.2 Å². The largest absolute Gasteiger partial charge is 0.495 e. The number of rotatable bonds is 2. The van der Waals surface area contributed by atoms with E-state index in [1.165, 1.54) is 13.2 Å².